The first-order valence-corrected chi connectivity index (χ1v) is 9.10. The minimum absolute atomic E-state index is 0.213. The molecular weight excluding hydrogens is 358 g/mol. The van der Waals surface area contributed by atoms with Crippen LogP contribution in [0.25, 0.3) is 0 Å². The number of rotatable bonds is 7. The third kappa shape index (κ3) is 4.31. The zero-order valence-corrected chi connectivity index (χ0v) is 15.8. The smallest absolute Gasteiger partial charge is 0.253 e. The lowest BCUT2D eigenvalue weighted by molar-refractivity contribution is -0.133. The molecule has 0 bridgehead atoms. The molecule has 0 spiro atoms. The third-order valence-corrected chi connectivity index (χ3v) is 4.57. The van der Waals surface area contributed by atoms with E-state index in [4.69, 9.17) is 9.47 Å². The van der Waals surface area contributed by atoms with Crippen molar-refractivity contribution in [2.24, 2.45) is 11.0 Å². The summed E-state index contributed by atoms with van der Waals surface area (Å²) >= 11 is 0. The van der Waals surface area contributed by atoms with E-state index in [0.29, 0.717) is 24.7 Å². The SMILES string of the molecule is CCOc1cc(C=NNC(=O)[C@@H]2C(=O)NC[C@@H]2c2ccccc2)ccc1OC. The molecule has 3 rings (SSSR count). The van der Waals surface area contributed by atoms with Crippen molar-refractivity contribution >= 4 is 18.0 Å². The van der Waals surface area contributed by atoms with E-state index in [1.165, 1.54) is 6.21 Å². The molecule has 1 heterocycles. The van der Waals surface area contributed by atoms with Crippen LogP contribution in [0.5, 0.6) is 11.5 Å². The van der Waals surface area contributed by atoms with Crippen LogP contribution in [0.4, 0.5) is 0 Å². The average Bonchev–Trinajstić information content (AvgIpc) is 3.10. The van der Waals surface area contributed by atoms with Gasteiger partial charge in [-0.2, -0.15) is 5.10 Å². The molecule has 0 aliphatic carbocycles. The third-order valence-electron chi connectivity index (χ3n) is 4.57. The van der Waals surface area contributed by atoms with Crippen LogP contribution in [0.3, 0.4) is 0 Å². The van der Waals surface area contributed by atoms with Gasteiger partial charge in [0.25, 0.3) is 5.91 Å². The van der Waals surface area contributed by atoms with Crippen molar-refractivity contribution in [3.8, 4) is 11.5 Å². The van der Waals surface area contributed by atoms with Crippen LogP contribution in [0.1, 0.15) is 24.0 Å². The van der Waals surface area contributed by atoms with Crippen LogP contribution < -0.4 is 20.2 Å². The van der Waals surface area contributed by atoms with Gasteiger partial charge in [0, 0.05) is 12.5 Å². The van der Waals surface area contributed by atoms with E-state index in [2.05, 4.69) is 15.8 Å². The van der Waals surface area contributed by atoms with E-state index in [-0.39, 0.29) is 11.8 Å². The molecule has 0 unspecified atom stereocenters. The lowest BCUT2D eigenvalue weighted by Gasteiger charge is -2.15. The highest BCUT2D eigenvalue weighted by molar-refractivity contribution is 6.03. The van der Waals surface area contributed by atoms with E-state index in [1.807, 2.05) is 37.3 Å². The van der Waals surface area contributed by atoms with Crippen molar-refractivity contribution in [1.82, 2.24) is 10.7 Å². The monoisotopic (exact) mass is 381 g/mol. The maximum Gasteiger partial charge on any atom is 0.253 e. The molecule has 7 nitrogen and oxygen atoms in total. The molecule has 1 fully saturated rings. The highest BCUT2D eigenvalue weighted by Crippen LogP contribution is 2.29. The summed E-state index contributed by atoms with van der Waals surface area (Å²) < 4.78 is 10.8. The van der Waals surface area contributed by atoms with Crippen LogP contribution in [0.15, 0.2) is 53.6 Å². The second-order valence-electron chi connectivity index (χ2n) is 6.32. The number of carbonyl (C=O) groups excluding carboxylic acids is 2. The second kappa shape index (κ2) is 9.03. The molecule has 0 saturated carbocycles. The van der Waals surface area contributed by atoms with Gasteiger partial charge in [-0.3, -0.25) is 9.59 Å². The van der Waals surface area contributed by atoms with Gasteiger partial charge in [0.1, 0.15) is 5.92 Å². The fourth-order valence-electron chi connectivity index (χ4n) is 3.22. The molecule has 1 saturated heterocycles. The summed E-state index contributed by atoms with van der Waals surface area (Å²) in [6.45, 7) is 2.82. The van der Waals surface area contributed by atoms with Gasteiger partial charge in [0.05, 0.1) is 19.9 Å². The summed E-state index contributed by atoms with van der Waals surface area (Å²) in [6.07, 6.45) is 1.50. The molecular formula is C21H23N3O4. The van der Waals surface area contributed by atoms with Crippen molar-refractivity contribution in [1.29, 1.82) is 0 Å². The lowest BCUT2D eigenvalue weighted by Crippen LogP contribution is -2.34. The van der Waals surface area contributed by atoms with E-state index in [9.17, 15) is 9.59 Å². The average molecular weight is 381 g/mol. The van der Waals surface area contributed by atoms with Gasteiger partial charge >= 0.3 is 0 Å². The molecule has 7 heteroatoms. The van der Waals surface area contributed by atoms with Crippen molar-refractivity contribution in [2.45, 2.75) is 12.8 Å². The minimum atomic E-state index is -0.811. The Morgan fingerprint density at radius 1 is 1.25 bits per heavy atom. The van der Waals surface area contributed by atoms with E-state index < -0.39 is 11.8 Å². The minimum Gasteiger partial charge on any atom is -0.493 e. The standard InChI is InChI=1S/C21H23N3O4/c1-3-28-18-11-14(9-10-17(18)27-2)12-23-24-21(26)19-16(13-22-20(19)25)15-7-5-4-6-8-15/h4-12,16,19H,3,13H2,1-2H3,(H,22,25)(H,24,26)/t16-,19+/m1/s1. The Kier molecular flexibility index (Phi) is 6.26. The van der Waals surface area contributed by atoms with Crippen molar-refractivity contribution in [3.05, 3.63) is 59.7 Å². The second-order valence-corrected chi connectivity index (χ2v) is 6.32. The number of methoxy groups -OCH3 is 1. The molecule has 2 amide bonds. The summed E-state index contributed by atoms with van der Waals surface area (Å²) in [7, 11) is 1.57. The van der Waals surface area contributed by atoms with Gasteiger partial charge in [0.2, 0.25) is 5.91 Å². The van der Waals surface area contributed by atoms with Gasteiger partial charge in [-0.1, -0.05) is 30.3 Å². The first kappa shape index (κ1) is 19.4. The van der Waals surface area contributed by atoms with Crippen LogP contribution in [-0.4, -0.2) is 38.3 Å². The number of benzene rings is 2. The highest BCUT2D eigenvalue weighted by atomic mass is 16.5. The summed E-state index contributed by atoms with van der Waals surface area (Å²) in [5.74, 6) is -0.525. The Balaban J connectivity index is 1.69. The Morgan fingerprint density at radius 3 is 2.75 bits per heavy atom. The van der Waals surface area contributed by atoms with Crippen LogP contribution in [-0.2, 0) is 9.59 Å². The van der Waals surface area contributed by atoms with E-state index in [1.54, 1.807) is 25.3 Å². The Labute approximate surface area is 163 Å². The Bertz CT molecular complexity index is 867. The quantitative estimate of drug-likeness (QED) is 0.437. The van der Waals surface area contributed by atoms with Crippen molar-refractivity contribution in [2.75, 3.05) is 20.3 Å². The number of hydrogen-bond acceptors (Lipinski definition) is 5. The molecule has 2 aromatic carbocycles. The molecule has 28 heavy (non-hydrogen) atoms. The molecule has 1 aliphatic rings. The molecule has 146 valence electrons. The lowest BCUT2D eigenvalue weighted by atomic mass is 9.88. The first-order valence-electron chi connectivity index (χ1n) is 9.10. The van der Waals surface area contributed by atoms with Crippen molar-refractivity contribution < 1.29 is 19.1 Å². The van der Waals surface area contributed by atoms with E-state index in [0.717, 1.165) is 11.1 Å². The Hall–Kier alpha value is -3.35. The number of nitrogens with zero attached hydrogens (tertiary/aromatic N) is 1. The van der Waals surface area contributed by atoms with Gasteiger partial charge < -0.3 is 14.8 Å². The predicted molar refractivity (Wildman–Crippen MR) is 106 cm³/mol. The first-order chi connectivity index (χ1) is 13.6. The molecule has 1 aliphatic heterocycles. The fraction of sp³-hybridized carbons (Fsp3) is 0.286. The van der Waals surface area contributed by atoms with Crippen LogP contribution >= 0.6 is 0 Å². The van der Waals surface area contributed by atoms with E-state index >= 15 is 0 Å². The topological polar surface area (TPSA) is 89.0 Å². The van der Waals surface area contributed by atoms with Gasteiger partial charge in [0.15, 0.2) is 11.5 Å². The maximum absolute atomic E-state index is 12.6. The van der Waals surface area contributed by atoms with Gasteiger partial charge in [-0.05, 0) is 36.2 Å². The molecule has 0 radical (unpaired) electrons. The summed E-state index contributed by atoms with van der Waals surface area (Å²) in [4.78, 5) is 24.7. The number of hydrogen-bond donors (Lipinski definition) is 2. The number of amides is 2. The highest BCUT2D eigenvalue weighted by Gasteiger charge is 2.40. The molecule has 2 N–H and O–H groups in total. The van der Waals surface area contributed by atoms with Crippen LogP contribution in [0, 0.1) is 5.92 Å². The number of ether oxygens (including phenoxy) is 2. The predicted octanol–water partition coefficient (Wildman–Crippen LogP) is 2.07. The molecule has 0 aromatic heterocycles. The number of carbonyl (C=O) groups is 2. The van der Waals surface area contributed by atoms with Gasteiger partial charge in [-0.15, -0.1) is 0 Å². The van der Waals surface area contributed by atoms with Crippen molar-refractivity contribution in [3.63, 3.8) is 0 Å². The summed E-state index contributed by atoms with van der Waals surface area (Å²) in [5, 5.41) is 6.76. The zero-order valence-electron chi connectivity index (χ0n) is 15.8. The number of nitrogens with one attached hydrogen (secondary N) is 2. The Morgan fingerprint density at radius 2 is 2.04 bits per heavy atom. The van der Waals surface area contributed by atoms with Gasteiger partial charge in [-0.25, -0.2) is 5.43 Å². The molecule has 2 aromatic rings. The summed E-state index contributed by atoms with van der Waals surface area (Å²) in [6, 6.07) is 14.9. The van der Waals surface area contributed by atoms with Crippen LogP contribution in [0.2, 0.25) is 0 Å². The zero-order chi connectivity index (χ0) is 19.9. The fourth-order valence-corrected chi connectivity index (χ4v) is 3.22. The summed E-state index contributed by atoms with van der Waals surface area (Å²) in [5.41, 5.74) is 4.16. The molecule has 2 atom stereocenters. The number of hydrazone groups is 1. The largest absolute Gasteiger partial charge is 0.493 e. The normalized spacial score (nSPS) is 18.7. The maximum atomic E-state index is 12.6.